The Bertz CT molecular complexity index is 355. The smallest absolute Gasteiger partial charge is 0.0294 e. The molecule has 22 heavy (non-hydrogen) atoms. The number of nitrogens with two attached hydrogens (primary N) is 1. The second kappa shape index (κ2) is 12.7. The van der Waals surface area contributed by atoms with Gasteiger partial charge in [0, 0.05) is 6.04 Å². The molecule has 126 valence electrons. The second-order valence-electron chi connectivity index (χ2n) is 6.84. The molecule has 0 aromatic heterocycles. The molecule has 1 aromatic rings. The fraction of sp³-hybridized carbons (Fsp3) is 0.714. The summed E-state index contributed by atoms with van der Waals surface area (Å²) in [7, 11) is 0. The molecule has 0 amide bonds. The van der Waals surface area contributed by atoms with Crippen LogP contribution in [0.5, 0.6) is 0 Å². The van der Waals surface area contributed by atoms with Crippen LogP contribution in [0.1, 0.15) is 101 Å². The van der Waals surface area contributed by atoms with Gasteiger partial charge in [0.15, 0.2) is 0 Å². The molecular formula is C21H37N. The standard InChI is InChI=1S/C21H37N/c1-3-4-5-6-7-8-9-10-11-12-13-14-21(22)20-17-15-19(2)16-18-20/h15-18,21H,3-14,22H2,1-2H3/t21-/m0/s1. The number of rotatable bonds is 13. The van der Waals surface area contributed by atoms with Crippen LogP contribution in [0.15, 0.2) is 24.3 Å². The molecule has 0 heterocycles. The third kappa shape index (κ3) is 9.25. The third-order valence-corrected chi connectivity index (χ3v) is 4.62. The summed E-state index contributed by atoms with van der Waals surface area (Å²) in [4.78, 5) is 0. The summed E-state index contributed by atoms with van der Waals surface area (Å²) in [6, 6.07) is 8.90. The van der Waals surface area contributed by atoms with E-state index in [1.807, 2.05) is 0 Å². The van der Waals surface area contributed by atoms with Gasteiger partial charge in [0.05, 0.1) is 0 Å². The Morgan fingerprint density at radius 2 is 1.18 bits per heavy atom. The molecular weight excluding hydrogens is 266 g/mol. The molecule has 1 nitrogen and oxygen atoms in total. The van der Waals surface area contributed by atoms with Crippen molar-refractivity contribution in [3.05, 3.63) is 35.4 Å². The predicted molar refractivity (Wildman–Crippen MR) is 99.2 cm³/mol. The highest BCUT2D eigenvalue weighted by Gasteiger charge is 2.04. The molecule has 0 aliphatic carbocycles. The fourth-order valence-electron chi connectivity index (χ4n) is 3.01. The molecule has 1 heteroatoms. The van der Waals surface area contributed by atoms with Gasteiger partial charge in [-0.1, -0.05) is 107 Å². The second-order valence-corrected chi connectivity index (χ2v) is 6.84. The molecule has 1 aromatic carbocycles. The normalized spacial score (nSPS) is 12.5. The van der Waals surface area contributed by atoms with Gasteiger partial charge in [-0.15, -0.1) is 0 Å². The van der Waals surface area contributed by atoms with Crippen molar-refractivity contribution >= 4 is 0 Å². The van der Waals surface area contributed by atoms with Crippen molar-refractivity contribution in [2.75, 3.05) is 0 Å². The van der Waals surface area contributed by atoms with E-state index in [0.717, 1.165) is 6.42 Å². The highest BCUT2D eigenvalue weighted by atomic mass is 14.6. The zero-order chi connectivity index (χ0) is 16.0. The molecule has 2 N–H and O–H groups in total. The molecule has 1 atom stereocenters. The molecule has 0 spiro atoms. The zero-order valence-electron chi connectivity index (χ0n) is 14.9. The average molecular weight is 304 g/mol. The van der Waals surface area contributed by atoms with Crippen molar-refractivity contribution in [2.45, 2.75) is 96.9 Å². The molecule has 0 aliphatic rings. The summed E-state index contributed by atoms with van der Waals surface area (Å²) in [6.45, 7) is 4.41. The van der Waals surface area contributed by atoms with Gasteiger partial charge in [-0.3, -0.25) is 0 Å². The predicted octanol–water partition coefficient (Wildman–Crippen LogP) is 6.70. The van der Waals surface area contributed by atoms with Crippen LogP contribution >= 0.6 is 0 Å². The van der Waals surface area contributed by atoms with E-state index in [1.165, 1.54) is 81.8 Å². The Balaban J connectivity index is 1.92. The first kappa shape index (κ1) is 19.2. The summed E-state index contributed by atoms with van der Waals surface area (Å²) in [5, 5.41) is 0. The Labute approximate surface area is 138 Å². The Morgan fingerprint density at radius 1 is 0.727 bits per heavy atom. The largest absolute Gasteiger partial charge is 0.324 e. The van der Waals surface area contributed by atoms with Gasteiger partial charge in [0.2, 0.25) is 0 Å². The molecule has 0 saturated heterocycles. The summed E-state index contributed by atoms with van der Waals surface area (Å²) >= 11 is 0. The molecule has 0 fully saturated rings. The van der Waals surface area contributed by atoms with Crippen molar-refractivity contribution in [1.82, 2.24) is 0 Å². The third-order valence-electron chi connectivity index (χ3n) is 4.62. The number of benzene rings is 1. The summed E-state index contributed by atoms with van der Waals surface area (Å²) in [5.74, 6) is 0. The SMILES string of the molecule is CCCCCCCCCCCCC[C@H](N)c1ccc(C)cc1. The topological polar surface area (TPSA) is 26.0 Å². The van der Waals surface area contributed by atoms with Crippen molar-refractivity contribution in [2.24, 2.45) is 5.73 Å². The van der Waals surface area contributed by atoms with Gasteiger partial charge >= 0.3 is 0 Å². The number of hydrogen-bond acceptors (Lipinski definition) is 1. The van der Waals surface area contributed by atoms with Gasteiger partial charge in [0.1, 0.15) is 0 Å². The highest BCUT2D eigenvalue weighted by Crippen LogP contribution is 2.19. The monoisotopic (exact) mass is 303 g/mol. The van der Waals surface area contributed by atoms with E-state index in [9.17, 15) is 0 Å². The van der Waals surface area contributed by atoms with Crippen LogP contribution in [-0.2, 0) is 0 Å². The minimum Gasteiger partial charge on any atom is -0.324 e. The molecule has 0 aliphatic heterocycles. The zero-order valence-corrected chi connectivity index (χ0v) is 14.9. The highest BCUT2D eigenvalue weighted by molar-refractivity contribution is 5.23. The minimum atomic E-state index is 0.221. The fourth-order valence-corrected chi connectivity index (χ4v) is 3.01. The minimum absolute atomic E-state index is 0.221. The number of hydrogen-bond donors (Lipinski definition) is 1. The quantitative estimate of drug-likeness (QED) is 0.403. The molecule has 0 unspecified atom stereocenters. The molecule has 1 rings (SSSR count). The lowest BCUT2D eigenvalue weighted by atomic mass is 9.99. The van der Waals surface area contributed by atoms with Crippen LogP contribution in [0, 0.1) is 6.92 Å². The summed E-state index contributed by atoms with van der Waals surface area (Å²) in [5.41, 5.74) is 8.87. The number of unbranched alkanes of at least 4 members (excludes halogenated alkanes) is 10. The van der Waals surface area contributed by atoms with E-state index in [1.54, 1.807) is 0 Å². The first-order valence-corrected chi connectivity index (χ1v) is 9.56. The van der Waals surface area contributed by atoms with Crippen molar-refractivity contribution in [3.63, 3.8) is 0 Å². The summed E-state index contributed by atoms with van der Waals surface area (Å²) < 4.78 is 0. The van der Waals surface area contributed by atoms with E-state index < -0.39 is 0 Å². The van der Waals surface area contributed by atoms with Gasteiger partial charge in [-0.05, 0) is 18.9 Å². The summed E-state index contributed by atoms with van der Waals surface area (Å²) in [6.07, 6.45) is 16.5. The lowest BCUT2D eigenvalue weighted by Crippen LogP contribution is -2.09. The van der Waals surface area contributed by atoms with Crippen LogP contribution in [0.25, 0.3) is 0 Å². The molecule has 0 bridgehead atoms. The van der Waals surface area contributed by atoms with E-state index in [-0.39, 0.29) is 6.04 Å². The Hall–Kier alpha value is -0.820. The maximum atomic E-state index is 6.27. The van der Waals surface area contributed by atoms with Crippen LogP contribution < -0.4 is 5.73 Å². The number of aryl methyl sites for hydroxylation is 1. The van der Waals surface area contributed by atoms with Gasteiger partial charge in [0.25, 0.3) is 0 Å². The van der Waals surface area contributed by atoms with E-state index >= 15 is 0 Å². The van der Waals surface area contributed by atoms with Gasteiger partial charge in [-0.2, -0.15) is 0 Å². The van der Waals surface area contributed by atoms with Crippen LogP contribution in [-0.4, -0.2) is 0 Å². The Kier molecular flexibility index (Phi) is 11.1. The van der Waals surface area contributed by atoms with Crippen LogP contribution in [0.2, 0.25) is 0 Å². The maximum Gasteiger partial charge on any atom is 0.0294 e. The van der Waals surface area contributed by atoms with E-state index in [0.29, 0.717) is 0 Å². The van der Waals surface area contributed by atoms with Crippen molar-refractivity contribution in [3.8, 4) is 0 Å². The van der Waals surface area contributed by atoms with Crippen molar-refractivity contribution < 1.29 is 0 Å². The van der Waals surface area contributed by atoms with Gasteiger partial charge < -0.3 is 5.73 Å². The van der Waals surface area contributed by atoms with E-state index in [4.69, 9.17) is 5.73 Å². The maximum absolute atomic E-state index is 6.27. The first-order valence-electron chi connectivity index (χ1n) is 9.56. The average Bonchev–Trinajstić information content (AvgIpc) is 2.53. The lowest BCUT2D eigenvalue weighted by Gasteiger charge is -2.12. The molecule has 0 saturated carbocycles. The van der Waals surface area contributed by atoms with E-state index in [2.05, 4.69) is 38.1 Å². The molecule has 0 radical (unpaired) electrons. The van der Waals surface area contributed by atoms with Crippen molar-refractivity contribution in [1.29, 1.82) is 0 Å². The van der Waals surface area contributed by atoms with Crippen LogP contribution in [0.3, 0.4) is 0 Å². The van der Waals surface area contributed by atoms with Crippen LogP contribution in [0.4, 0.5) is 0 Å². The lowest BCUT2D eigenvalue weighted by molar-refractivity contribution is 0.526. The Morgan fingerprint density at radius 3 is 1.68 bits per heavy atom. The van der Waals surface area contributed by atoms with Gasteiger partial charge in [-0.25, -0.2) is 0 Å². The first-order chi connectivity index (χ1) is 10.7.